The highest BCUT2D eigenvalue weighted by Gasteiger charge is 2.41. The highest BCUT2D eigenvalue weighted by Crippen LogP contribution is 2.55. The predicted molar refractivity (Wildman–Crippen MR) is 95.5 cm³/mol. The van der Waals surface area contributed by atoms with Gasteiger partial charge in [-0.1, -0.05) is 6.92 Å². The van der Waals surface area contributed by atoms with E-state index in [1.54, 1.807) is 24.5 Å². The number of benzene rings is 1. The van der Waals surface area contributed by atoms with Crippen molar-refractivity contribution in [3.8, 4) is 17.4 Å². The van der Waals surface area contributed by atoms with Crippen molar-refractivity contribution >= 4 is 0 Å². The first-order valence-electron chi connectivity index (χ1n) is 8.67. The Balaban J connectivity index is 1.57. The second kappa shape index (κ2) is 6.78. The molecule has 2 atom stereocenters. The van der Waals surface area contributed by atoms with Crippen molar-refractivity contribution in [2.24, 2.45) is 0 Å². The minimum Gasteiger partial charge on any atom is -0.494 e. The number of aryl methyl sites for hydroxylation is 1. The molecular formula is C20H19FN4O. The fraction of sp³-hybridized carbons (Fsp3) is 0.300. The molecule has 6 heteroatoms. The molecule has 2 heterocycles. The molecule has 1 aromatic carbocycles. The molecule has 26 heavy (non-hydrogen) atoms. The van der Waals surface area contributed by atoms with E-state index in [1.807, 2.05) is 25.4 Å². The van der Waals surface area contributed by atoms with E-state index >= 15 is 0 Å². The summed E-state index contributed by atoms with van der Waals surface area (Å²) in [6.45, 7) is 2.04. The Labute approximate surface area is 151 Å². The molecule has 0 bridgehead atoms. The number of rotatable bonds is 5. The van der Waals surface area contributed by atoms with Crippen LogP contribution in [0.5, 0.6) is 5.75 Å². The third-order valence-electron chi connectivity index (χ3n) is 4.85. The second-order valence-electron chi connectivity index (χ2n) is 6.40. The second-order valence-corrected chi connectivity index (χ2v) is 6.40. The summed E-state index contributed by atoms with van der Waals surface area (Å²) in [7, 11) is 1.50. The Morgan fingerprint density at radius 2 is 1.73 bits per heavy atom. The van der Waals surface area contributed by atoms with Crippen molar-refractivity contribution in [2.75, 3.05) is 7.11 Å². The number of ether oxygens (including phenoxy) is 1. The lowest BCUT2D eigenvalue weighted by Crippen LogP contribution is -1.98. The Hall–Kier alpha value is -2.89. The van der Waals surface area contributed by atoms with Gasteiger partial charge in [-0.15, -0.1) is 0 Å². The molecule has 3 aromatic rings. The summed E-state index contributed by atoms with van der Waals surface area (Å²) in [4.78, 5) is 17.1. The van der Waals surface area contributed by atoms with E-state index in [0.717, 1.165) is 29.5 Å². The highest BCUT2D eigenvalue weighted by atomic mass is 19.1. The molecule has 0 aliphatic heterocycles. The van der Waals surface area contributed by atoms with Gasteiger partial charge in [0.05, 0.1) is 7.11 Å². The summed E-state index contributed by atoms with van der Waals surface area (Å²) in [5.41, 5.74) is 3.28. The molecule has 132 valence electrons. The van der Waals surface area contributed by atoms with E-state index in [-0.39, 0.29) is 5.82 Å². The van der Waals surface area contributed by atoms with Crippen molar-refractivity contribution in [3.63, 3.8) is 0 Å². The first kappa shape index (κ1) is 16.6. The number of aromatic nitrogens is 4. The van der Waals surface area contributed by atoms with Crippen molar-refractivity contribution in [1.29, 1.82) is 0 Å². The van der Waals surface area contributed by atoms with Gasteiger partial charge >= 0.3 is 0 Å². The van der Waals surface area contributed by atoms with Crippen LogP contribution < -0.4 is 4.74 Å². The van der Waals surface area contributed by atoms with Crippen LogP contribution in [0.25, 0.3) is 11.6 Å². The zero-order valence-electron chi connectivity index (χ0n) is 14.7. The van der Waals surface area contributed by atoms with Gasteiger partial charge in [0.2, 0.25) is 0 Å². The van der Waals surface area contributed by atoms with Crippen molar-refractivity contribution < 1.29 is 9.13 Å². The minimum absolute atomic E-state index is 0.302. The first-order valence-corrected chi connectivity index (χ1v) is 8.67. The van der Waals surface area contributed by atoms with Crippen molar-refractivity contribution in [2.45, 2.75) is 31.6 Å². The van der Waals surface area contributed by atoms with Crippen LogP contribution in [-0.2, 0) is 6.42 Å². The van der Waals surface area contributed by atoms with Gasteiger partial charge in [-0.05, 0) is 59.6 Å². The summed E-state index contributed by atoms with van der Waals surface area (Å²) < 4.78 is 19.1. The molecular weight excluding hydrogens is 331 g/mol. The monoisotopic (exact) mass is 350 g/mol. The van der Waals surface area contributed by atoms with Crippen LogP contribution in [-0.4, -0.2) is 27.0 Å². The Morgan fingerprint density at radius 1 is 1.04 bits per heavy atom. The van der Waals surface area contributed by atoms with E-state index in [2.05, 4.69) is 19.9 Å². The maximum Gasteiger partial charge on any atom is 0.197 e. The normalized spacial score (nSPS) is 18.6. The summed E-state index contributed by atoms with van der Waals surface area (Å²) >= 11 is 0. The van der Waals surface area contributed by atoms with Crippen LogP contribution in [0.4, 0.5) is 4.39 Å². The van der Waals surface area contributed by atoms with Crippen LogP contribution in [0.1, 0.15) is 41.9 Å². The number of nitrogens with zero attached hydrogens (tertiary/aromatic N) is 4. The maximum absolute atomic E-state index is 14.0. The minimum atomic E-state index is -0.305. The molecule has 0 saturated heterocycles. The van der Waals surface area contributed by atoms with Crippen LogP contribution in [0.15, 0.2) is 43.0 Å². The Morgan fingerprint density at radius 3 is 2.38 bits per heavy atom. The molecule has 1 aliphatic carbocycles. The van der Waals surface area contributed by atoms with Crippen LogP contribution in [0.3, 0.4) is 0 Å². The molecule has 1 fully saturated rings. The standard InChI is InChI=1S/C20H19FN4O/c1-3-12-7-17(21)18(26-2)9-15(12)16-8-14(16)13-10-24-20(25-11-13)19-22-5-4-6-23-19/h4-7,9-11,14,16H,3,8H2,1-2H3/t14-,16-/m0/s1. The van der Waals surface area contributed by atoms with Gasteiger partial charge in [0.1, 0.15) is 0 Å². The van der Waals surface area contributed by atoms with Gasteiger partial charge in [-0.3, -0.25) is 0 Å². The number of hydrogen-bond donors (Lipinski definition) is 0. The van der Waals surface area contributed by atoms with Gasteiger partial charge in [-0.25, -0.2) is 24.3 Å². The first-order chi connectivity index (χ1) is 12.7. The lowest BCUT2D eigenvalue weighted by atomic mass is 9.98. The predicted octanol–water partition coefficient (Wildman–Crippen LogP) is 3.91. The highest BCUT2D eigenvalue weighted by molar-refractivity contribution is 5.46. The summed E-state index contributed by atoms with van der Waals surface area (Å²) in [5.74, 6) is 1.73. The van der Waals surface area contributed by atoms with E-state index in [0.29, 0.717) is 29.2 Å². The van der Waals surface area contributed by atoms with Gasteiger partial charge in [0.25, 0.3) is 0 Å². The average Bonchev–Trinajstić information content (AvgIpc) is 3.49. The van der Waals surface area contributed by atoms with E-state index < -0.39 is 0 Å². The summed E-state index contributed by atoms with van der Waals surface area (Å²) in [6, 6.07) is 5.19. The maximum atomic E-state index is 14.0. The number of halogens is 1. The summed E-state index contributed by atoms with van der Waals surface area (Å²) in [6.07, 6.45) is 8.83. The lowest BCUT2D eigenvalue weighted by molar-refractivity contribution is 0.385. The fourth-order valence-electron chi connectivity index (χ4n) is 3.38. The van der Waals surface area contributed by atoms with Gasteiger partial charge in [0.15, 0.2) is 23.2 Å². The van der Waals surface area contributed by atoms with Gasteiger partial charge in [-0.2, -0.15) is 0 Å². The molecule has 1 aliphatic rings. The molecule has 0 radical (unpaired) electrons. The zero-order chi connectivity index (χ0) is 18.1. The van der Waals surface area contributed by atoms with E-state index in [9.17, 15) is 4.39 Å². The molecule has 4 rings (SSSR count). The zero-order valence-corrected chi connectivity index (χ0v) is 14.7. The lowest BCUT2D eigenvalue weighted by Gasteiger charge is -2.11. The largest absolute Gasteiger partial charge is 0.494 e. The summed E-state index contributed by atoms with van der Waals surface area (Å²) in [5, 5.41) is 0. The quantitative estimate of drug-likeness (QED) is 0.698. The van der Waals surface area contributed by atoms with Crippen LogP contribution in [0.2, 0.25) is 0 Å². The van der Waals surface area contributed by atoms with Crippen LogP contribution in [0, 0.1) is 5.82 Å². The molecule has 0 amide bonds. The molecule has 0 spiro atoms. The van der Waals surface area contributed by atoms with Gasteiger partial charge in [0, 0.05) is 24.8 Å². The molecule has 1 saturated carbocycles. The number of hydrogen-bond acceptors (Lipinski definition) is 5. The SMILES string of the molecule is CCc1cc(F)c(OC)cc1[C@H]1C[C@H]1c1cnc(-c2ncccn2)nc1. The molecule has 5 nitrogen and oxygen atoms in total. The molecule has 0 unspecified atom stereocenters. The Kier molecular flexibility index (Phi) is 4.32. The van der Waals surface area contributed by atoms with Crippen molar-refractivity contribution in [1.82, 2.24) is 19.9 Å². The molecule has 0 N–H and O–H groups in total. The fourth-order valence-corrected chi connectivity index (χ4v) is 3.38. The van der Waals surface area contributed by atoms with E-state index in [1.165, 1.54) is 7.11 Å². The smallest absolute Gasteiger partial charge is 0.197 e. The molecule has 2 aromatic heterocycles. The number of methoxy groups -OCH3 is 1. The average molecular weight is 350 g/mol. The Bertz CT molecular complexity index is 915. The third kappa shape index (κ3) is 3.03. The van der Waals surface area contributed by atoms with Crippen molar-refractivity contribution in [3.05, 3.63) is 65.5 Å². The van der Waals surface area contributed by atoms with Gasteiger partial charge < -0.3 is 4.74 Å². The third-order valence-corrected chi connectivity index (χ3v) is 4.85. The van der Waals surface area contributed by atoms with Crippen LogP contribution >= 0.6 is 0 Å². The topological polar surface area (TPSA) is 60.8 Å². The van der Waals surface area contributed by atoms with E-state index in [4.69, 9.17) is 4.74 Å².